The van der Waals surface area contributed by atoms with Crippen molar-refractivity contribution in [1.82, 2.24) is 0 Å². The lowest BCUT2D eigenvalue weighted by molar-refractivity contribution is 0.169. The van der Waals surface area contributed by atoms with Crippen molar-refractivity contribution in [2.45, 2.75) is 39.0 Å². The van der Waals surface area contributed by atoms with Gasteiger partial charge in [-0.3, -0.25) is 0 Å². The highest BCUT2D eigenvalue weighted by molar-refractivity contribution is 5.84. The predicted octanol–water partition coefficient (Wildman–Crippen LogP) is 6.08. The highest BCUT2D eigenvalue weighted by atomic mass is 16.6. The maximum atomic E-state index is 5.90. The van der Waals surface area contributed by atoms with Crippen LogP contribution in [0.4, 0.5) is 0 Å². The first-order valence-corrected chi connectivity index (χ1v) is 9.53. The van der Waals surface area contributed by atoms with E-state index in [-0.39, 0.29) is 0 Å². The summed E-state index contributed by atoms with van der Waals surface area (Å²) in [5.74, 6) is 2.72. The molecule has 1 aliphatic rings. The molecule has 0 aromatic heterocycles. The Balaban J connectivity index is 1.62. The fourth-order valence-electron chi connectivity index (χ4n) is 3.75. The van der Waals surface area contributed by atoms with Crippen LogP contribution in [0, 0.1) is 0 Å². The molecule has 0 spiro atoms. The molecule has 1 atom stereocenters. The third-order valence-electron chi connectivity index (χ3n) is 5.26. The van der Waals surface area contributed by atoms with Gasteiger partial charge in [0.1, 0.15) is 13.2 Å². The summed E-state index contributed by atoms with van der Waals surface area (Å²) in [6, 6.07) is 19.8. The van der Waals surface area contributed by atoms with Crippen LogP contribution in [-0.4, -0.2) is 13.2 Å². The first kappa shape index (κ1) is 17.0. The van der Waals surface area contributed by atoms with E-state index in [9.17, 15) is 0 Å². The van der Waals surface area contributed by atoms with E-state index in [0.29, 0.717) is 25.0 Å². The summed E-state index contributed by atoms with van der Waals surface area (Å²) in [4.78, 5) is 0. The minimum atomic E-state index is 0.373. The molecule has 134 valence electrons. The maximum absolute atomic E-state index is 5.90. The van der Waals surface area contributed by atoms with E-state index in [1.807, 2.05) is 6.07 Å². The summed E-state index contributed by atoms with van der Waals surface area (Å²) in [7, 11) is 0. The first-order chi connectivity index (χ1) is 12.6. The lowest BCUT2D eigenvalue weighted by Crippen LogP contribution is -2.17. The Labute approximate surface area is 155 Å². The molecule has 1 aliphatic heterocycles. The van der Waals surface area contributed by atoms with E-state index in [4.69, 9.17) is 9.47 Å². The molecule has 3 aromatic carbocycles. The van der Waals surface area contributed by atoms with Crippen LogP contribution in [0.25, 0.3) is 10.8 Å². The average molecular weight is 346 g/mol. The molecule has 0 saturated heterocycles. The van der Waals surface area contributed by atoms with Gasteiger partial charge in [0, 0.05) is 5.56 Å². The standard InChI is InChI=1S/C24H26O2/c1-16(2)20-10-9-19-8-7-18(14-21(19)15-20)13-17(3)22-5-4-6-23-24(22)26-12-11-25-23/h4-10,14-17H,11-13H2,1-3H3. The zero-order valence-electron chi connectivity index (χ0n) is 15.8. The monoisotopic (exact) mass is 346 g/mol. The Bertz CT molecular complexity index is 927. The number of rotatable bonds is 4. The molecular weight excluding hydrogens is 320 g/mol. The van der Waals surface area contributed by atoms with Crippen molar-refractivity contribution in [2.75, 3.05) is 13.2 Å². The lowest BCUT2D eigenvalue weighted by Gasteiger charge is -2.23. The van der Waals surface area contributed by atoms with E-state index in [1.165, 1.54) is 27.5 Å². The molecule has 0 bridgehead atoms. The molecule has 0 aliphatic carbocycles. The zero-order valence-corrected chi connectivity index (χ0v) is 15.8. The SMILES string of the molecule is CC(C)c1ccc2ccc(CC(C)c3cccc4c3OCCO4)cc2c1. The normalized spacial score (nSPS) is 14.6. The molecule has 1 unspecified atom stereocenters. The van der Waals surface area contributed by atoms with Crippen molar-refractivity contribution in [3.05, 3.63) is 71.3 Å². The molecule has 26 heavy (non-hydrogen) atoms. The van der Waals surface area contributed by atoms with Crippen LogP contribution in [-0.2, 0) is 6.42 Å². The van der Waals surface area contributed by atoms with E-state index in [1.54, 1.807) is 0 Å². The fraction of sp³-hybridized carbons (Fsp3) is 0.333. The van der Waals surface area contributed by atoms with Crippen molar-refractivity contribution >= 4 is 10.8 Å². The highest BCUT2D eigenvalue weighted by Gasteiger charge is 2.19. The van der Waals surface area contributed by atoms with Crippen molar-refractivity contribution in [3.8, 4) is 11.5 Å². The summed E-state index contributed by atoms with van der Waals surface area (Å²) in [6.07, 6.45) is 0.988. The van der Waals surface area contributed by atoms with Crippen molar-refractivity contribution in [3.63, 3.8) is 0 Å². The van der Waals surface area contributed by atoms with Gasteiger partial charge >= 0.3 is 0 Å². The van der Waals surface area contributed by atoms with Crippen LogP contribution in [0.2, 0.25) is 0 Å². The lowest BCUT2D eigenvalue weighted by atomic mass is 9.91. The summed E-state index contributed by atoms with van der Waals surface area (Å²) in [5.41, 5.74) is 3.99. The second-order valence-corrected chi connectivity index (χ2v) is 7.57. The third-order valence-corrected chi connectivity index (χ3v) is 5.26. The third kappa shape index (κ3) is 3.29. The summed E-state index contributed by atoms with van der Waals surface area (Å²) < 4.78 is 11.6. The minimum Gasteiger partial charge on any atom is -0.486 e. The van der Waals surface area contributed by atoms with Gasteiger partial charge in [-0.05, 0) is 46.2 Å². The first-order valence-electron chi connectivity index (χ1n) is 9.53. The summed E-state index contributed by atoms with van der Waals surface area (Å²) in [5, 5.41) is 2.63. The molecule has 2 nitrogen and oxygen atoms in total. The predicted molar refractivity (Wildman–Crippen MR) is 108 cm³/mol. The van der Waals surface area contributed by atoms with E-state index in [0.717, 1.165) is 17.9 Å². The van der Waals surface area contributed by atoms with Gasteiger partial charge in [-0.1, -0.05) is 69.3 Å². The topological polar surface area (TPSA) is 18.5 Å². The van der Waals surface area contributed by atoms with Crippen LogP contribution >= 0.6 is 0 Å². The number of ether oxygens (including phenoxy) is 2. The van der Waals surface area contributed by atoms with Gasteiger partial charge in [0.05, 0.1) is 0 Å². The average Bonchev–Trinajstić information content (AvgIpc) is 2.66. The molecule has 0 saturated carbocycles. The number of para-hydroxylation sites is 1. The Morgan fingerprint density at radius 1 is 0.846 bits per heavy atom. The second-order valence-electron chi connectivity index (χ2n) is 7.57. The highest BCUT2D eigenvalue weighted by Crippen LogP contribution is 2.38. The fourth-order valence-corrected chi connectivity index (χ4v) is 3.75. The van der Waals surface area contributed by atoms with Gasteiger partial charge in [0.2, 0.25) is 0 Å². The Morgan fingerprint density at radius 3 is 2.50 bits per heavy atom. The molecule has 3 aromatic rings. The van der Waals surface area contributed by atoms with Crippen LogP contribution in [0.1, 0.15) is 49.3 Å². The van der Waals surface area contributed by atoms with Gasteiger partial charge in [-0.2, -0.15) is 0 Å². The Morgan fingerprint density at radius 2 is 1.65 bits per heavy atom. The Hall–Kier alpha value is -2.48. The van der Waals surface area contributed by atoms with Crippen molar-refractivity contribution in [2.24, 2.45) is 0 Å². The number of hydrogen-bond acceptors (Lipinski definition) is 2. The quantitative estimate of drug-likeness (QED) is 0.570. The molecule has 2 heteroatoms. The maximum Gasteiger partial charge on any atom is 0.164 e. The molecule has 1 heterocycles. The van der Waals surface area contributed by atoms with Crippen LogP contribution in [0.3, 0.4) is 0 Å². The van der Waals surface area contributed by atoms with Gasteiger partial charge in [-0.25, -0.2) is 0 Å². The van der Waals surface area contributed by atoms with E-state index >= 15 is 0 Å². The second kappa shape index (κ2) is 7.03. The van der Waals surface area contributed by atoms with E-state index in [2.05, 4.69) is 69.3 Å². The smallest absolute Gasteiger partial charge is 0.164 e. The largest absolute Gasteiger partial charge is 0.486 e. The van der Waals surface area contributed by atoms with Crippen molar-refractivity contribution in [1.29, 1.82) is 0 Å². The van der Waals surface area contributed by atoms with Crippen molar-refractivity contribution < 1.29 is 9.47 Å². The van der Waals surface area contributed by atoms with Gasteiger partial charge in [-0.15, -0.1) is 0 Å². The number of hydrogen-bond donors (Lipinski definition) is 0. The number of benzene rings is 3. The minimum absolute atomic E-state index is 0.373. The molecule has 0 fully saturated rings. The molecule has 0 amide bonds. The van der Waals surface area contributed by atoms with Crippen LogP contribution < -0.4 is 9.47 Å². The van der Waals surface area contributed by atoms with Crippen LogP contribution in [0.5, 0.6) is 11.5 Å². The van der Waals surface area contributed by atoms with Crippen LogP contribution in [0.15, 0.2) is 54.6 Å². The number of fused-ring (bicyclic) bond motifs is 2. The summed E-state index contributed by atoms with van der Waals surface area (Å²) in [6.45, 7) is 8.02. The Kier molecular flexibility index (Phi) is 4.58. The molecule has 0 N–H and O–H groups in total. The molecule has 0 radical (unpaired) electrons. The zero-order chi connectivity index (χ0) is 18.1. The molecular formula is C24H26O2. The molecule has 4 rings (SSSR count). The van der Waals surface area contributed by atoms with Gasteiger partial charge in [0.25, 0.3) is 0 Å². The van der Waals surface area contributed by atoms with E-state index < -0.39 is 0 Å². The van der Waals surface area contributed by atoms with Gasteiger partial charge < -0.3 is 9.47 Å². The van der Waals surface area contributed by atoms with Gasteiger partial charge in [0.15, 0.2) is 11.5 Å². The summed E-state index contributed by atoms with van der Waals surface area (Å²) >= 11 is 0.